The lowest BCUT2D eigenvalue weighted by Crippen LogP contribution is -2.58. The predicted octanol–water partition coefficient (Wildman–Crippen LogP) is -0.322. The molecule has 1 rings (SSSR count). The highest BCUT2D eigenvalue weighted by molar-refractivity contribution is 5.96. The Hall–Kier alpha value is -4.93. The lowest BCUT2D eigenvalue weighted by molar-refractivity contribution is -0.141. The summed E-state index contributed by atoms with van der Waals surface area (Å²) in [5.74, 6) is -4.99. The Balaban J connectivity index is 3.69. The average molecular weight is 1010 g/mol. The van der Waals surface area contributed by atoms with Crippen LogP contribution in [-0.2, 0) is 43.2 Å². The Morgan fingerprint density at radius 1 is 0.592 bits per heavy atom. The monoisotopic (exact) mass is 1010 g/mol. The molecule has 1 aliphatic heterocycles. The molecule has 0 saturated carbocycles. The lowest BCUT2D eigenvalue weighted by atomic mass is 10.0. The summed E-state index contributed by atoms with van der Waals surface area (Å²) in [5, 5.41) is 19.7. The molecule has 0 spiro atoms. The minimum absolute atomic E-state index is 0.0275. The normalized spacial score (nSPS) is 21.1. The number of carbonyl (C=O) groups excluding carboxylic acids is 9. The zero-order chi connectivity index (χ0) is 53.1. The van der Waals surface area contributed by atoms with E-state index >= 15 is 0 Å². The van der Waals surface area contributed by atoms with Gasteiger partial charge in [-0.2, -0.15) is 0 Å². The van der Waals surface area contributed by atoms with Gasteiger partial charge >= 0.3 is 0 Å². The van der Waals surface area contributed by atoms with Crippen LogP contribution in [0.5, 0.6) is 0 Å². The molecule has 22 nitrogen and oxygen atoms in total. The van der Waals surface area contributed by atoms with E-state index in [2.05, 4.69) is 37.2 Å². The third kappa shape index (κ3) is 28.0. The summed E-state index contributed by atoms with van der Waals surface area (Å²) >= 11 is 0. The number of nitrogens with zero attached hydrogens (tertiary/aromatic N) is 1. The van der Waals surface area contributed by atoms with E-state index in [1.807, 2.05) is 27.7 Å². The average Bonchev–Trinajstić information content (AvgIpc) is 3.31. The molecule has 0 unspecified atom stereocenters. The molecule has 0 radical (unpaired) electrons. The first-order valence-corrected chi connectivity index (χ1v) is 26.3. The maximum absolute atomic E-state index is 14.8. The van der Waals surface area contributed by atoms with Gasteiger partial charge < -0.3 is 70.8 Å². The molecule has 1 heterocycles. The zero-order valence-electron chi connectivity index (χ0n) is 43.4. The van der Waals surface area contributed by atoms with E-state index in [9.17, 15) is 43.2 Å². The summed E-state index contributed by atoms with van der Waals surface area (Å²) in [6.07, 6.45) is 8.31. The van der Waals surface area contributed by atoms with Crippen LogP contribution in [0.4, 0.5) is 0 Å². The van der Waals surface area contributed by atoms with Crippen molar-refractivity contribution in [3.8, 4) is 0 Å². The van der Waals surface area contributed by atoms with Crippen molar-refractivity contribution < 1.29 is 43.2 Å². The van der Waals surface area contributed by atoms with Gasteiger partial charge in [0.2, 0.25) is 53.2 Å². The van der Waals surface area contributed by atoms with Crippen molar-refractivity contribution in [2.24, 2.45) is 40.5 Å². The van der Waals surface area contributed by atoms with Crippen molar-refractivity contribution in [3.05, 3.63) is 0 Å². The SMILES string of the molecule is CC(C)C[C@H](NC(=O)[C@H](CCCCN)NC(=O)CN1CCCCCCNC(=O)[C@H](C(C)C)NC(=O)CCCCC(=O)N[C@@H](CCCCN)C(=O)N[C@@H](CCCCN)C(=O)N[C@@H](CCCCN)C1=O)C(N)=O. The first-order valence-electron chi connectivity index (χ1n) is 26.3. The van der Waals surface area contributed by atoms with Gasteiger partial charge in [0.1, 0.15) is 36.3 Å². The largest absolute Gasteiger partial charge is 0.368 e. The van der Waals surface area contributed by atoms with Crippen LogP contribution in [0.3, 0.4) is 0 Å². The zero-order valence-corrected chi connectivity index (χ0v) is 43.4. The smallest absolute Gasteiger partial charge is 0.245 e. The molecule has 408 valence electrons. The van der Waals surface area contributed by atoms with Crippen molar-refractivity contribution in [3.63, 3.8) is 0 Å². The van der Waals surface area contributed by atoms with Gasteiger partial charge in [0.15, 0.2) is 0 Å². The summed E-state index contributed by atoms with van der Waals surface area (Å²) < 4.78 is 0. The van der Waals surface area contributed by atoms with Crippen LogP contribution < -0.4 is 65.9 Å². The Bertz CT molecular complexity index is 1640. The van der Waals surface area contributed by atoms with Crippen LogP contribution >= 0.6 is 0 Å². The number of primary amides is 1. The van der Waals surface area contributed by atoms with Crippen molar-refractivity contribution >= 4 is 53.2 Å². The Labute approximate surface area is 422 Å². The summed E-state index contributed by atoms with van der Waals surface area (Å²) in [4.78, 5) is 124. The molecule has 0 aromatic rings. The summed E-state index contributed by atoms with van der Waals surface area (Å²) in [5.41, 5.74) is 28.8. The highest BCUT2D eigenvalue weighted by atomic mass is 16.2. The first kappa shape index (κ1) is 64.1. The summed E-state index contributed by atoms with van der Waals surface area (Å²) in [6, 6.07) is -6.10. The van der Waals surface area contributed by atoms with Crippen LogP contribution in [0.1, 0.15) is 163 Å². The molecule has 1 aliphatic rings. The van der Waals surface area contributed by atoms with Crippen molar-refractivity contribution in [2.75, 3.05) is 45.8 Å². The molecular weight excluding hydrogens is 915 g/mol. The van der Waals surface area contributed by atoms with E-state index in [0.29, 0.717) is 123 Å². The fourth-order valence-electron chi connectivity index (χ4n) is 8.19. The number of nitrogens with one attached hydrogen (secondary N) is 7. The van der Waals surface area contributed by atoms with E-state index in [4.69, 9.17) is 28.7 Å². The van der Waals surface area contributed by atoms with Gasteiger partial charge in [-0.1, -0.05) is 40.5 Å². The molecular formula is C49H93N13O9. The van der Waals surface area contributed by atoms with Crippen molar-refractivity contribution in [1.29, 1.82) is 0 Å². The third-order valence-electron chi connectivity index (χ3n) is 12.3. The number of hydrogen-bond donors (Lipinski definition) is 12. The molecule has 1 fully saturated rings. The van der Waals surface area contributed by atoms with Gasteiger partial charge in [0.05, 0.1) is 6.54 Å². The molecule has 1 saturated heterocycles. The molecule has 71 heavy (non-hydrogen) atoms. The molecule has 0 aliphatic carbocycles. The highest BCUT2D eigenvalue weighted by Crippen LogP contribution is 2.14. The number of amides is 9. The molecule has 0 bridgehead atoms. The fourth-order valence-corrected chi connectivity index (χ4v) is 8.19. The molecule has 0 aromatic heterocycles. The van der Waals surface area contributed by atoms with E-state index in [1.54, 1.807) is 0 Å². The minimum Gasteiger partial charge on any atom is -0.368 e. The van der Waals surface area contributed by atoms with E-state index in [1.165, 1.54) is 4.90 Å². The van der Waals surface area contributed by atoms with Crippen molar-refractivity contribution in [1.82, 2.24) is 42.1 Å². The highest BCUT2D eigenvalue weighted by Gasteiger charge is 2.33. The van der Waals surface area contributed by atoms with Crippen LogP contribution in [0, 0.1) is 11.8 Å². The van der Waals surface area contributed by atoms with Crippen LogP contribution in [-0.4, -0.2) is 140 Å². The van der Waals surface area contributed by atoms with Gasteiger partial charge in [-0.15, -0.1) is 0 Å². The van der Waals surface area contributed by atoms with E-state index < -0.39 is 84.1 Å². The molecule has 6 atom stereocenters. The summed E-state index contributed by atoms with van der Waals surface area (Å²) in [7, 11) is 0. The number of hydrogen-bond acceptors (Lipinski definition) is 13. The number of unbranched alkanes of at least 4 members (excludes halogenated alkanes) is 4. The quantitative estimate of drug-likeness (QED) is 0.0523. The lowest BCUT2D eigenvalue weighted by Gasteiger charge is -2.30. The van der Waals surface area contributed by atoms with Gasteiger partial charge in [0.25, 0.3) is 0 Å². The maximum Gasteiger partial charge on any atom is 0.245 e. The topological polar surface area (TPSA) is 371 Å². The Kier molecular flexibility index (Phi) is 34.1. The van der Waals surface area contributed by atoms with E-state index in [0.717, 1.165) is 0 Å². The molecule has 17 N–H and O–H groups in total. The number of carbonyl (C=O) groups is 9. The number of nitrogens with two attached hydrogens (primary N) is 5. The van der Waals surface area contributed by atoms with E-state index in [-0.39, 0.29) is 75.1 Å². The van der Waals surface area contributed by atoms with Crippen molar-refractivity contribution in [2.45, 2.75) is 199 Å². The van der Waals surface area contributed by atoms with Gasteiger partial charge in [-0.25, -0.2) is 0 Å². The number of rotatable bonds is 25. The van der Waals surface area contributed by atoms with Crippen LogP contribution in [0.2, 0.25) is 0 Å². The second-order valence-corrected chi connectivity index (χ2v) is 19.6. The fraction of sp³-hybridized carbons (Fsp3) is 0.816. The summed E-state index contributed by atoms with van der Waals surface area (Å²) in [6.45, 7) is 8.77. The van der Waals surface area contributed by atoms with Crippen LogP contribution in [0.15, 0.2) is 0 Å². The van der Waals surface area contributed by atoms with Gasteiger partial charge in [0, 0.05) is 25.9 Å². The molecule has 0 aromatic carbocycles. The first-order chi connectivity index (χ1) is 33.9. The molecule has 9 amide bonds. The minimum atomic E-state index is -1.14. The van der Waals surface area contributed by atoms with Crippen LogP contribution in [0.25, 0.3) is 0 Å². The second-order valence-electron chi connectivity index (χ2n) is 19.6. The Morgan fingerprint density at radius 3 is 1.63 bits per heavy atom. The van der Waals surface area contributed by atoms with Gasteiger partial charge in [-0.3, -0.25) is 43.2 Å². The standard InChI is InChI=1S/C49H93N13O9/c1-33(2)31-39(44(54)66)60-46(68)36(20-10-14-26-51)57-42(65)32-62-30-18-6-5-17-29-55-48(70)43(34(3)4)61-41(64)24-8-7-23-40(63)56-35(19-9-13-25-50)45(67)58-37(21-11-15-27-52)47(69)59-38(49(62)71)22-12-16-28-53/h33-39,43H,5-32,50-53H2,1-4H3,(H2,54,66)(H,55,70)(H,56,63)(H,57,65)(H,58,67)(H,59,69)(H,60,68)(H,61,64)/t35-,36-,37-,38-,39-,43-/m0/s1. The predicted molar refractivity (Wildman–Crippen MR) is 273 cm³/mol. The third-order valence-corrected chi connectivity index (χ3v) is 12.3. The van der Waals surface area contributed by atoms with Gasteiger partial charge in [-0.05, 0) is 147 Å². The second kappa shape index (κ2) is 37.8. The Morgan fingerprint density at radius 2 is 1.10 bits per heavy atom. The molecule has 22 heteroatoms. The maximum atomic E-state index is 14.8.